The number of benzene rings is 1. The molecule has 1 fully saturated rings. The van der Waals surface area contributed by atoms with Gasteiger partial charge >= 0.3 is 7.12 Å². The van der Waals surface area contributed by atoms with Crippen LogP contribution in [0, 0.1) is 5.82 Å². The fraction of sp³-hybridized carbons (Fsp3) is 0.667. The molecule has 1 aliphatic rings. The van der Waals surface area contributed by atoms with Crippen molar-refractivity contribution in [3.8, 4) is 0 Å². The first kappa shape index (κ1) is 20.6. The van der Waals surface area contributed by atoms with Gasteiger partial charge in [0.25, 0.3) is 0 Å². The molecule has 140 valence electrons. The Kier molecular flexibility index (Phi) is 5.84. The highest BCUT2D eigenvalue weighted by Gasteiger charge is 2.54. The third kappa shape index (κ3) is 4.91. The van der Waals surface area contributed by atoms with Gasteiger partial charge in [-0.2, -0.15) is 0 Å². The van der Waals surface area contributed by atoms with Crippen molar-refractivity contribution >= 4 is 18.1 Å². The number of hydrogen-bond donors (Lipinski definition) is 1. The third-order valence-electron chi connectivity index (χ3n) is 4.78. The van der Waals surface area contributed by atoms with E-state index in [1.807, 2.05) is 48.5 Å². The Hall–Kier alpha value is -0.755. The lowest BCUT2D eigenvalue weighted by molar-refractivity contribution is 0.00578. The number of halogens is 1. The summed E-state index contributed by atoms with van der Waals surface area (Å²) in [6, 6.07) is 6.32. The molecule has 0 bridgehead atoms. The van der Waals surface area contributed by atoms with E-state index < -0.39 is 34.1 Å². The number of nitrogens with one attached hydrogen (secondary N) is 1. The van der Waals surface area contributed by atoms with Gasteiger partial charge in [0.15, 0.2) is 0 Å². The van der Waals surface area contributed by atoms with E-state index >= 15 is 0 Å². The fourth-order valence-electron chi connectivity index (χ4n) is 2.44. The van der Waals surface area contributed by atoms with Crippen LogP contribution in [0.4, 0.5) is 4.39 Å². The van der Waals surface area contributed by atoms with E-state index in [4.69, 9.17) is 9.31 Å². The van der Waals surface area contributed by atoms with Gasteiger partial charge in [-0.25, -0.2) is 13.3 Å². The average Bonchev–Trinajstić information content (AvgIpc) is 2.68. The lowest BCUT2D eigenvalue weighted by Crippen LogP contribution is -2.50. The normalized spacial score (nSPS) is 22.0. The lowest BCUT2D eigenvalue weighted by Gasteiger charge is -2.32. The van der Waals surface area contributed by atoms with Crippen LogP contribution in [0.3, 0.4) is 0 Å². The van der Waals surface area contributed by atoms with Gasteiger partial charge < -0.3 is 9.31 Å². The van der Waals surface area contributed by atoms with Crippen LogP contribution in [-0.4, -0.2) is 33.2 Å². The molecule has 0 radical (unpaired) electrons. The van der Waals surface area contributed by atoms with Crippen LogP contribution in [0.25, 0.3) is 0 Å². The van der Waals surface area contributed by atoms with Gasteiger partial charge in [0.1, 0.15) is 5.82 Å². The predicted molar refractivity (Wildman–Crippen MR) is 101 cm³/mol. The summed E-state index contributed by atoms with van der Waals surface area (Å²) in [7, 11) is -1.82. The standard InChI is InChI=1S/C18H29BFNO3S/c1-16(2,3)25(22)21-15(12-13-8-10-14(20)11-9-13)19-23-17(4,5)18(6,7)24-19/h8-11,15,21H,12H2,1-7H3/t15-,25+/m0/s1. The van der Waals surface area contributed by atoms with Crippen molar-refractivity contribution < 1.29 is 17.9 Å². The molecule has 0 unspecified atom stereocenters. The molecule has 1 aromatic rings. The molecule has 0 aromatic heterocycles. The monoisotopic (exact) mass is 369 g/mol. The van der Waals surface area contributed by atoms with Gasteiger partial charge in [-0.1, -0.05) is 12.1 Å². The Morgan fingerprint density at radius 1 is 1.12 bits per heavy atom. The lowest BCUT2D eigenvalue weighted by atomic mass is 9.75. The van der Waals surface area contributed by atoms with Gasteiger partial charge in [0.2, 0.25) is 0 Å². The summed E-state index contributed by atoms with van der Waals surface area (Å²) in [6.07, 6.45) is 0.527. The minimum absolute atomic E-state index is 0.276. The van der Waals surface area contributed by atoms with E-state index in [1.54, 1.807) is 12.1 Å². The molecular formula is C18H29BFNO3S. The Morgan fingerprint density at radius 3 is 2.04 bits per heavy atom. The summed E-state index contributed by atoms with van der Waals surface area (Å²) in [5, 5.41) is 0. The second-order valence-electron chi connectivity index (χ2n) is 8.56. The van der Waals surface area contributed by atoms with E-state index in [-0.39, 0.29) is 11.8 Å². The fourth-order valence-corrected chi connectivity index (χ4v) is 3.26. The van der Waals surface area contributed by atoms with Crippen LogP contribution in [0.5, 0.6) is 0 Å². The molecule has 25 heavy (non-hydrogen) atoms. The number of hydrogen-bond acceptors (Lipinski definition) is 3. The predicted octanol–water partition coefficient (Wildman–Crippen LogP) is 3.42. The van der Waals surface area contributed by atoms with Gasteiger partial charge in [0.05, 0.1) is 32.9 Å². The number of rotatable bonds is 5. The molecular weight excluding hydrogens is 340 g/mol. The highest BCUT2D eigenvalue weighted by atomic mass is 32.2. The molecule has 1 heterocycles. The van der Waals surface area contributed by atoms with Crippen LogP contribution < -0.4 is 4.72 Å². The van der Waals surface area contributed by atoms with Gasteiger partial charge in [-0.15, -0.1) is 0 Å². The van der Waals surface area contributed by atoms with E-state index in [9.17, 15) is 8.60 Å². The zero-order chi connectivity index (χ0) is 19.0. The van der Waals surface area contributed by atoms with Crippen LogP contribution in [0.1, 0.15) is 54.0 Å². The topological polar surface area (TPSA) is 47.6 Å². The molecule has 4 nitrogen and oxygen atoms in total. The molecule has 2 atom stereocenters. The van der Waals surface area contributed by atoms with Crippen molar-refractivity contribution in [2.24, 2.45) is 0 Å². The van der Waals surface area contributed by atoms with Gasteiger partial charge in [-0.3, -0.25) is 0 Å². The molecule has 0 spiro atoms. The second kappa shape index (κ2) is 7.10. The third-order valence-corrected chi connectivity index (χ3v) is 6.41. The van der Waals surface area contributed by atoms with Crippen LogP contribution in [-0.2, 0) is 26.7 Å². The maximum atomic E-state index is 13.2. The van der Waals surface area contributed by atoms with E-state index in [2.05, 4.69) is 4.72 Å². The molecule has 1 saturated heterocycles. The van der Waals surface area contributed by atoms with E-state index in [0.29, 0.717) is 6.42 Å². The van der Waals surface area contributed by atoms with Crippen molar-refractivity contribution in [1.82, 2.24) is 4.72 Å². The minimum Gasteiger partial charge on any atom is -0.402 e. The van der Waals surface area contributed by atoms with Crippen LogP contribution >= 0.6 is 0 Å². The van der Waals surface area contributed by atoms with Gasteiger partial charge in [-0.05, 0) is 72.6 Å². The largest absolute Gasteiger partial charge is 0.477 e. The molecule has 0 amide bonds. The summed E-state index contributed by atoms with van der Waals surface area (Å²) in [6.45, 7) is 13.7. The first-order valence-electron chi connectivity index (χ1n) is 8.60. The van der Waals surface area contributed by atoms with E-state index in [0.717, 1.165) is 5.56 Å². The highest BCUT2D eigenvalue weighted by molar-refractivity contribution is 7.84. The van der Waals surface area contributed by atoms with Crippen molar-refractivity contribution in [3.05, 3.63) is 35.6 Å². The summed E-state index contributed by atoms with van der Waals surface area (Å²) >= 11 is 0. The Bertz CT molecular complexity index is 612. The molecule has 0 aliphatic carbocycles. The minimum atomic E-state index is -1.28. The van der Waals surface area contributed by atoms with Crippen molar-refractivity contribution in [1.29, 1.82) is 0 Å². The molecule has 0 saturated carbocycles. The summed E-state index contributed by atoms with van der Waals surface area (Å²) in [5.41, 5.74) is -0.00715. The van der Waals surface area contributed by atoms with Crippen molar-refractivity contribution in [3.63, 3.8) is 0 Å². The van der Waals surface area contributed by atoms with Crippen LogP contribution in [0.15, 0.2) is 24.3 Å². The Labute approximate surface area is 153 Å². The zero-order valence-corrected chi connectivity index (χ0v) is 17.0. The highest BCUT2D eigenvalue weighted by Crippen LogP contribution is 2.38. The van der Waals surface area contributed by atoms with Gasteiger partial charge in [0, 0.05) is 0 Å². The molecule has 7 heteroatoms. The Morgan fingerprint density at radius 2 is 1.60 bits per heavy atom. The summed E-state index contributed by atoms with van der Waals surface area (Å²) < 4.78 is 40.8. The molecule has 1 aromatic carbocycles. The first-order chi connectivity index (χ1) is 11.3. The summed E-state index contributed by atoms with van der Waals surface area (Å²) in [4.78, 5) is 0. The summed E-state index contributed by atoms with van der Waals surface area (Å²) in [5.74, 6) is -0.589. The van der Waals surface area contributed by atoms with Crippen LogP contribution in [0.2, 0.25) is 0 Å². The van der Waals surface area contributed by atoms with Crippen molar-refractivity contribution in [2.75, 3.05) is 0 Å². The SMILES string of the molecule is CC(C)(C)[S@@](=O)N[C@@H](Cc1ccc(F)cc1)B1OC(C)(C)C(C)(C)O1. The molecule has 1 aliphatic heterocycles. The zero-order valence-electron chi connectivity index (χ0n) is 16.2. The molecule has 1 N–H and O–H groups in total. The quantitative estimate of drug-likeness (QED) is 0.809. The molecule has 2 rings (SSSR count). The van der Waals surface area contributed by atoms with E-state index in [1.165, 1.54) is 12.1 Å². The van der Waals surface area contributed by atoms with Crippen molar-refractivity contribution in [2.45, 2.75) is 76.8 Å². The maximum absolute atomic E-state index is 13.2. The average molecular weight is 369 g/mol. The first-order valence-corrected chi connectivity index (χ1v) is 9.75. The maximum Gasteiger partial charge on any atom is 0.477 e. The Balaban J connectivity index is 2.23. The second-order valence-corrected chi connectivity index (χ2v) is 10.6. The smallest absolute Gasteiger partial charge is 0.402 e.